The fourth-order valence-electron chi connectivity index (χ4n) is 1.34. The fraction of sp³-hybridized carbons (Fsp3) is 0.400. The highest BCUT2D eigenvalue weighted by Gasteiger charge is 2.16. The molecule has 0 spiro atoms. The van der Waals surface area contributed by atoms with Gasteiger partial charge in [-0.2, -0.15) is 0 Å². The van der Waals surface area contributed by atoms with E-state index in [-0.39, 0.29) is 0 Å². The molecule has 0 aliphatic rings. The van der Waals surface area contributed by atoms with Gasteiger partial charge >= 0.3 is 0 Å². The highest BCUT2D eigenvalue weighted by Crippen LogP contribution is 2.42. The van der Waals surface area contributed by atoms with Crippen LogP contribution in [0.5, 0.6) is 0 Å². The second kappa shape index (κ2) is 5.46. The average molecular weight is 450 g/mol. The van der Waals surface area contributed by atoms with Gasteiger partial charge in [0.2, 0.25) is 0 Å². The molecule has 0 aliphatic carbocycles. The third-order valence-corrected chi connectivity index (χ3v) is 6.72. The van der Waals surface area contributed by atoms with E-state index in [2.05, 4.69) is 77.6 Å². The van der Waals surface area contributed by atoms with Crippen molar-refractivity contribution in [1.29, 1.82) is 0 Å². The van der Waals surface area contributed by atoms with E-state index < -0.39 is 0 Å². The lowest BCUT2D eigenvalue weighted by Gasteiger charge is -2.14. The molecule has 1 rings (SSSR count). The zero-order valence-electron chi connectivity index (χ0n) is 7.93. The normalized spacial score (nSPS) is 10.7. The molecular weight excluding hydrogens is 440 g/mol. The summed E-state index contributed by atoms with van der Waals surface area (Å²) in [5, 5.41) is 0. The largest absolute Gasteiger partial charge is 0.0612 e. The molecule has 0 amide bonds. The van der Waals surface area contributed by atoms with E-state index in [0.717, 1.165) is 30.7 Å². The Balaban J connectivity index is 3.55. The summed E-state index contributed by atoms with van der Waals surface area (Å²) in [6.45, 7) is 4.30. The Labute approximate surface area is 118 Å². The number of hydrogen-bond acceptors (Lipinski definition) is 0. The molecule has 0 N–H and O–H groups in total. The van der Waals surface area contributed by atoms with Crippen molar-refractivity contribution in [2.45, 2.75) is 26.7 Å². The van der Waals surface area contributed by atoms with Crippen molar-refractivity contribution in [2.75, 3.05) is 0 Å². The maximum Gasteiger partial charge on any atom is 0.0364 e. The highest BCUT2D eigenvalue weighted by atomic mass is 79.9. The minimum atomic E-state index is 1.00. The first-order chi connectivity index (χ1) is 6.54. The molecule has 0 saturated carbocycles. The summed E-state index contributed by atoms with van der Waals surface area (Å²) in [6.07, 6.45) is 2.00. The molecule has 0 bridgehead atoms. The molecule has 0 aliphatic heterocycles. The first-order valence-electron chi connectivity index (χ1n) is 4.38. The molecular formula is C10H10Br4. The number of rotatable bonds is 2. The lowest BCUT2D eigenvalue weighted by atomic mass is 10.1. The van der Waals surface area contributed by atoms with E-state index in [1.54, 1.807) is 0 Å². The van der Waals surface area contributed by atoms with Gasteiger partial charge in [-0.25, -0.2) is 0 Å². The van der Waals surface area contributed by atoms with Crippen molar-refractivity contribution >= 4 is 63.7 Å². The van der Waals surface area contributed by atoms with Crippen LogP contribution in [0, 0.1) is 0 Å². The smallest absolute Gasteiger partial charge is 0.0364 e. The molecule has 4 heteroatoms. The van der Waals surface area contributed by atoms with Crippen molar-refractivity contribution in [2.24, 2.45) is 0 Å². The Bertz CT molecular complexity index is 294. The quantitative estimate of drug-likeness (QED) is 0.496. The van der Waals surface area contributed by atoms with Crippen molar-refractivity contribution in [3.8, 4) is 0 Å². The number of halogens is 4. The zero-order valence-corrected chi connectivity index (χ0v) is 14.3. The summed E-state index contributed by atoms with van der Waals surface area (Å²) >= 11 is 14.5. The summed E-state index contributed by atoms with van der Waals surface area (Å²) in [7, 11) is 0. The summed E-state index contributed by atoms with van der Waals surface area (Å²) in [4.78, 5) is 0. The van der Waals surface area contributed by atoms with Crippen LogP contribution in [0.1, 0.15) is 25.0 Å². The van der Waals surface area contributed by atoms with Crippen molar-refractivity contribution in [1.82, 2.24) is 0 Å². The molecule has 78 valence electrons. The summed E-state index contributed by atoms with van der Waals surface area (Å²) in [5.41, 5.74) is 2.59. The van der Waals surface area contributed by atoms with Gasteiger partial charge in [0.15, 0.2) is 0 Å². The minimum Gasteiger partial charge on any atom is -0.0612 e. The second-order valence-corrected chi connectivity index (χ2v) is 6.09. The van der Waals surface area contributed by atoms with Crippen LogP contribution in [-0.2, 0) is 12.8 Å². The molecule has 1 aromatic carbocycles. The van der Waals surface area contributed by atoms with Gasteiger partial charge in [0.1, 0.15) is 0 Å². The zero-order chi connectivity index (χ0) is 10.9. The number of benzene rings is 1. The van der Waals surface area contributed by atoms with Crippen molar-refractivity contribution in [3.63, 3.8) is 0 Å². The van der Waals surface area contributed by atoms with Gasteiger partial charge < -0.3 is 0 Å². The standard InChI is InChI=1S/C10H10Br4/c1-3-5-7(11)9(13)6(4-2)10(14)8(5)12/h3-4H2,1-2H3. The van der Waals surface area contributed by atoms with Crippen molar-refractivity contribution in [3.05, 3.63) is 29.0 Å². The first-order valence-corrected chi connectivity index (χ1v) is 7.55. The van der Waals surface area contributed by atoms with E-state index >= 15 is 0 Å². The van der Waals surface area contributed by atoms with Crippen LogP contribution in [0.25, 0.3) is 0 Å². The molecule has 0 unspecified atom stereocenters. The molecule has 14 heavy (non-hydrogen) atoms. The van der Waals surface area contributed by atoms with Gasteiger partial charge in [0.05, 0.1) is 0 Å². The maximum absolute atomic E-state index is 3.62. The Morgan fingerprint density at radius 3 is 1.00 bits per heavy atom. The molecule has 0 saturated heterocycles. The Hall–Kier alpha value is 1.14. The van der Waals surface area contributed by atoms with Gasteiger partial charge in [0, 0.05) is 17.9 Å². The monoisotopic (exact) mass is 446 g/mol. The highest BCUT2D eigenvalue weighted by molar-refractivity contribution is 9.14. The fourth-order valence-corrected chi connectivity index (χ4v) is 4.75. The predicted octanol–water partition coefficient (Wildman–Crippen LogP) is 5.86. The molecule has 0 heterocycles. The summed E-state index contributed by atoms with van der Waals surface area (Å²) in [6, 6.07) is 0. The van der Waals surface area contributed by atoms with Gasteiger partial charge in [-0.3, -0.25) is 0 Å². The van der Waals surface area contributed by atoms with Crippen LogP contribution >= 0.6 is 63.7 Å². The molecule has 0 radical (unpaired) electrons. The summed E-state index contributed by atoms with van der Waals surface area (Å²) in [5.74, 6) is 0. The predicted molar refractivity (Wildman–Crippen MR) is 76.0 cm³/mol. The van der Waals surface area contributed by atoms with Crippen LogP contribution < -0.4 is 0 Å². The topological polar surface area (TPSA) is 0 Å². The average Bonchev–Trinajstić information content (AvgIpc) is 2.17. The Morgan fingerprint density at radius 1 is 0.643 bits per heavy atom. The minimum absolute atomic E-state index is 1.00. The first kappa shape index (κ1) is 13.2. The molecule has 0 atom stereocenters. The number of hydrogen-bond donors (Lipinski definition) is 0. The second-order valence-electron chi connectivity index (χ2n) is 2.92. The Morgan fingerprint density at radius 2 is 0.857 bits per heavy atom. The summed E-state index contributed by atoms with van der Waals surface area (Å²) < 4.78 is 4.64. The third kappa shape index (κ3) is 2.28. The molecule has 0 fully saturated rings. The molecule has 0 nitrogen and oxygen atoms in total. The van der Waals surface area contributed by atoms with Gasteiger partial charge in [-0.15, -0.1) is 0 Å². The van der Waals surface area contributed by atoms with Gasteiger partial charge in [-0.1, -0.05) is 13.8 Å². The van der Waals surface area contributed by atoms with E-state index in [1.165, 1.54) is 11.1 Å². The van der Waals surface area contributed by atoms with E-state index in [0.29, 0.717) is 0 Å². The van der Waals surface area contributed by atoms with Crippen LogP contribution in [0.3, 0.4) is 0 Å². The van der Waals surface area contributed by atoms with E-state index in [4.69, 9.17) is 0 Å². The Kier molecular flexibility index (Phi) is 5.15. The lowest BCUT2D eigenvalue weighted by Crippen LogP contribution is -1.94. The van der Waals surface area contributed by atoms with Gasteiger partial charge in [-0.05, 0) is 87.7 Å². The van der Waals surface area contributed by atoms with Crippen LogP contribution in [0.15, 0.2) is 17.9 Å². The SMILES string of the molecule is CCc1c(Br)c(Br)c(CC)c(Br)c1Br. The van der Waals surface area contributed by atoms with Crippen LogP contribution in [-0.4, -0.2) is 0 Å². The van der Waals surface area contributed by atoms with Crippen LogP contribution in [0.2, 0.25) is 0 Å². The maximum atomic E-state index is 3.62. The van der Waals surface area contributed by atoms with Gasteiger partial charge in [0.25, 0.3) is 0 Å². The van der Waals surface area contributed by atoms with E-state index in [9.17, 15) is 0 Å². The van der Waals surface area contributed by atoms with E-state index in [1.807, 2.05) is 0 Å². The molecule has 0 aromatic heterocycles. The third-order valence-electron chi connectivity index (χ3n) is 2.15. The van der Waals surface area contributed by atoms with Crippen LogP contribution in [0.4, 0.5) is 0 Å². The lowest BCUT2D eigenvalue weighted by molar-refractivity contribution is 1.05. The van der Waals surface area contributed by atoms with Crippen molar-refractivity contribution < 1.29 is 0 Å². The molecule has 1 aromatic rings.